The summed E-state index contributed by atoms with van der Waals surface area (Å²) in [6, 6.07) is 1.76. The number of carbonyl (C=O) groups excluding carboxylic acids is 1. The molecule has 0 radical (unpaired) electrons. The predicted molar refractivity (Wildman–Crippen MR) is 59.4 cm³/mol. The molecule has 2 rings (SSSR count). The molecule has 0 unspecified atom stereocenters. The van der Waals surface area contributed by atoms with Crippen LogP contribution in [0.3, 0.4) is 0 Å². The third kappa shape index (κ3) is 2.26. The van der Waals surface area contributed by atoms with Crippen molar-refractivity contribution in [1.82, 2.24) is 4.98 Å². The Morgan fingerprint density at radius 2 is 2.40 bits per heavy atom. The Morgan fingerprint density at radius 3 is 3.00 bits per heavy atom. The van der Waals surface area contributed by atoms with Gasteiger partial charge in [-0.15, -0.1) is 0 Å². The second-order valence-corrected chi connectivity index (χ2v) is 4.03. The number of amides is 1. The van der Waals surface area contributed by atoms with Crippen LogP contribution in [0.2, 0.25) is 0 Å². The standard InChI is InChI=1S/C11H15N3O/c1-14(11(15)6-8-2-3-8)10-4-5-13-7-9(10)12/h4-5,7-8H,2-3,6,12H2,1H3. The van der Waals surface area contributed by atoms with Crippen molar-refractivity contribution in [2.75, 3.05) is 17.7 Å². The van der Waals surface area contributed by atoms with E-state index in [1.807, 2.05) is 0 Å². The van der Waals surface area contributed by atoms with Gasteiger partial charge in [-0.3, -0.25) is 9.78 Å². The van der Waals surface area contributed by atoms with Gasteiger partial charge in [0.15, 0.2) is 0 Å². The normalized spacial score (nSPS) is 15.0. The first kappa shape index (κ1) is 9.96. The zero-order valence-corrected chi connectivity index (χ0v) is 8.81. The maximum atomic E-state index is 11.8. The van der Waals surface area contributed by atoms with Gasteiger partial charge in [0.05, 0.1) is 17.6 Å². The molecule has 1 aromatic rings. The lowest BCUT2D eigenvalue weighted by molar-refractivity contribution is -0.118. The second-order valence-electron chi connectivity index (χ2n) is 4.03. The Bertz CT molecular complexity index is 374. The Balaban J connectivity index is 2.08. The van der Waals surface area contributed by atoms with E-state index in [1.165, 1.54) is 12.8 Å². The number of pyridine rings is 1. The highest BCUT2D eigenvalue weighted by molar-refractivity contribution is 5.95. The number of nitrogens with two attached hydrogens (primary N) is 1. The summed E-state index contributed by atoms with van der Waals surface area (Å²) >= 11 is 0. The van der Waals surface area contributed by atoms with Gasteiger partial charge < -0.3 is 10.6 Å². The minimum atomic E-state index is 0.135. The Labute approximate surface area is 89.1 Å². The van der Waals surface area contributed by atoms with Gasteiger partial charge in [-0.2, -0.15) is 0 Å². The smallest absolute Gasteiger partial charge is 0.227 e. The summed E-state index contributed by atoms with van der Waals surface area (Å²) in [5.41, 5.74) is 7.04. The van der Waals surface area contributed by atoms with Gasteiger partial charge in [0.25, 0.3) is 0 Å². The molecule has 0 aromatic carbocycles. The summed E-state index contributed by atoms with van der Waals surface area (Å²) in [5.74, 6) is 0.735. The van der Waals surface area contributed by atoms with E-state index in [0.29, 0.717) is 18.0 Å². The van der Waals surface area contributed by atoms with E-state index in [0.717, 1.165) is 5.69 Å². The quantitative estimate of drug-likeness (QED) is 0.812. The molecule has 80 valence electrons. The average molecular weight is 205 g/mol. The highest BCUT2D eigenvalue weighted by Crippen LogP contribution is 2.33. The lowest BCUT2D eigenvalue weighted by Crippen LogP contribution is -2.27. The first-order valence-corrected chi connectivity index (χ1v) is 5.14. The summed E-state index contributed by atoms with van der Waals surface area (Å²) in [5, 5.41) is 0. The molecule has 1 saturated carbocycles. The van der Waals surface area contributed by atoms with Gasteiger partial charge in [-0.25, -0.2) is 0 Å². The van der Waals surface area contributed by atoms with Crippen LogP contribution in [0, 0.1) is 5.92 Å². The maximum absolute atomic E-state index is 11.8. The molecule has 1 aromatic heterocycles. The van der Waals surface area contributed by atoms with E-state index in [9.17, 15) is 4.79 Å². The van der Waals surface area contributed by atoms with Crippen molar-refractivity contribution in [3.63, 3.8) is 0 Å². The van der Waals surface area contributed by atoms with Gasteiger partial charge in [0, 0.05) is 19.7 Å². The number of nitrogens with zero attached hydrogens (tertiary/aromatic N) is 2. The van der Waals surface area contributed by atoms with Crippen molar-refractivity contribution < 1.29 is 4.79 Å². The maximum Gasteiger partial charge on any atom is 0.227 e. The molecule has 1 fully saturated rings. The van der Waals surface area contributed by atoms with E-state index in [4.69, 9.17) is 5.73 Å². The molecule has 0 spiro atoms. The minimum Gasteiger partial charge on any atom is -0.396 e. The van der Waals surface area contributed by atoms with Crippen molar-refractivity contribution in [3.8, 4) is 0 Å². The van der Waals surface area contributed by atoms with Crippen LogP contribution in [0.5, 0.6) is 0 Å². The molecule has 0 atom stereocenters. The van der Waals surface area contributed by atoms with E-state index >= 15 is 0 Å². The lowest BCUT2D eigenvalue weighted by Gasteiger charge is -2.18. The summed E-state index contributed by atoms with van der Waals surface area (Å²) < 4.78 is 0. The molecule has 4 nitrogen and oxygen atoms in total. The molecule has 1 amide bonds. The SMILES string of the molecule is CN(C(=O)CC1CC1)c1ccncc1N. The van der Waals surface area contributed by atoms with Crippen LogP contribution in [0.25, 0.3) is 0 Å². The molecule has 1 aliphatic rings. The molecular formula is C11H15N3O. The largest absolute Gasteiger partial charge is 0.396 e. The van der Waals surface area contributed by atoms with Crippen molar-refractivity contribution in [2.45, 2.75) is 19.3 Å². The van der Waals surface area contributed by atoms with Crippen LogP contribution >= 0.6 is 0 Å². The topological polar surface area (TPSA) is 59.2 Å². The first-order chi connectivity index (χ1) is 7.18. The van der Waals surface area contributed by atoms with Crippen LogP contribution in [-0.4, -0.2) is 17.9 Å². The highest BCUT2D eigenvalue weighted by Gasteiger charge is 2.26. The van der Waals surface area contributed by atoms with Crippen molar-refractivity contribution in [3.05, 3.63) is 18.5 Å². The van der Waals surface area contributed by atoms with Gasteiger partial charge in [-0.05, 0) is 24.8 Å². The molecule has 15 heavy (non-hydrogen) atoms. The van der Waals surface area contributed by atoms with Crippen molar-refractivity contribution in [1.29, 1.82) is 0 Å². The Morgan fingerprint density at radius 1 is 1.67 bits per heavy atom. The summed E-state index contributed by atoms with van der Waals surface area (Å²) in [6.45, 7) is 0. The van der Waals surface area contributed by atoms with E-state index in [1.54, 1.807) is 30.4 Å². The molecular weight excluding hydrogens is 190 g/mol. The van der Waals surface area contributed by atoms with Crippen LogP contribution in [0.1, 0.15) is 19.3 Å². The number of anilines is 2. The van der Waals surface area contributed by atoms with Crippen LogP contribution in [-0.2, 0) is 4.79 Å². The minimum absolute atomic E-state index is 0.135. The summed E-state index contributed by atoms with van der Waals surface area (Å²) in [4.78, 5) is 17.3. The third-order valence-electron chi connectivity index (χ3n) is 2.72. The molecule has 0 aliphatic heterocycles. The van der Waals surface area contributed by atoms with Gasteiger partial charge >= 0.3 is 0 Å². The zero-order chi connectivity index (χ0) is 10.8. The van der Waals surface area contributed by atoms with Crippen LogP contribution in [0.15, 0.2) is 18.5 Å². The number of hydrogen-bond acceptors (Lipinski definition) is 3. The summed E-state index contributed by atoms with van der Waals surface area (Å²) in [7, 11) is 1.76. The highest BCUT2D eigenvalue weighted by atomic mass is 16.2. The fourth-order valence-corrected chi connectivity index (χ4v) is 1.54. The van der Waals surface area contributed by atoms with Crippen LogP contribution in [0.4, 0.5) is 11.4 Å². The number of rotatable bonds is 3. The monoisotopic (exact) mass is 205 g/mol. The van der Waals surface area contributed by atoms with Crippen molar-refractivity contribution >= 4 is 17.3 Å². The number of nitrogen functional groups attached to an aromatic ring is 1. The predicted octanol–water partition coefficient (Wildman–Crippen LogP) is 1.43. The molecule has 0 bridgehead atoms. The van der Waals surface area contributed by atoms with Crippen LogP contribution < -0.4 is 10.6 Å². The van der Waals surface area contributed by atoms with Gasteiger partial charge in [-0.1, -0.05) is 0 Å². The molecule has 1 heterocycles. The third-order valence-corrected chi connectivity index (χ3v) is 2.72. The van der Waals surface area contributed by atoms with E-state index < -0.39 is 0 Å². The van der Waals surface area contributed by atoms with E-state index in [2.05, 4.69) is 4.98 Å². The van der Waals surface area contributed by atoms with Crippen molar-refractivity contribution in [2.24, 2.45) is 5.92 Å². The Kier molecular flexibility index (Phi) is 2.58. The molecule has 2 N–H and O–H groups in total. The number of hydrogen-bond donors (Lipinski definition) is 1. The van der Waals surface area contributed by atoms with E-state index in [-0.39, 0.29) is 5.91 Å². The van der Waals surface area contributed by atoms with Gasteiger partial charge in [0.2, 0.25) is 5.91 Å². The molecule has 4 heteroatoms. The van der Waals surface area contributed by atoms with Gasteiger partial charge in [0.1, 0.15) is 0 Å². The second kappa shape index (κ2) is 3.88. The fraction of sp³-hybridized carbons (Fsp3) is 0.455. The first-order valence-electron chi connectivity index (χ1n) is 5.14. The number of aromatic nitrogens is 1. The lowest BCUT2D eigenvalue weighted by atomic mass is 10.2. The molecule has 0 saturated heterocycles. The molecule has 1 aliphatic carbocycles. The summed E-state index contributed by atoms with van der Waals surface area (Å²) in [6.07, 6.45) is 6.22. The average Bonchev–Trinajstić information content (AvgIpc) is 3.01. The fourth-order valence-electron chi connectivity index (χ4n) is 1.54. The number of carbonyl (C=O) groups is 1. The zero-order valence-electron chi connectivity index (χ0n) is 8.81. The Hall–Kier alpha value is -1.58.